The molecule has 3 nitrogen and oxygen atoms in total. The Hall–Kier alpha value is -1.38. The number of hydrogen-bond acceptors (Lipinski definition) is 3. The van der Waals surface area contributed by atoms with Gasteiger partial charge in [-0.05, 0) is 18.6 Å². The van der Waals surface area contributed by atoms with Crippen LogP contribution in [-0.2, 0) is 22.4 Å². The minimum Gasteiger partial charge on any atom is -0.469 e. The smallest absolute Gasteiger partial charge is 0.305 e. The molecule has 0 aliphatic heterocycles. The van der Waals surface area contributed by atoms with Gasteiger partial charge in [-0.3, -0.25) is 9.78 Å². The topological polar surface area (TPSA) is 39.2 Å². The van der Waals surface area contributed by atoms with Crippen molar-refractivity contribution < 1.29 is 9.53 Å². The van der Waals surface area contributed by atoms with Gasteiger partial charge in [0.25, 0.3) is 0 Å². The van der Waals surface area contributed by atoms with Gasteiger partial charge in [-0.15, -0.1) is 0 Å². The monoisotopic (exact) mass is 193 g/mol. The molecular weight excluding hydrogens is 178 g/mol. The quantitative estimate of drug-likeness (QED) is 0.684. The first-order valence-electron chi connectivity index (χ1n) is 4.78. The fourth-order valence-corrected chi connectivity index (χ4v) is 1.20. The molecule has 0 radical (unpaired) electrons. The van der Waals surface area contributed by atoms with Gasteiger partial charge < -0.3 is 4.74 Å². The second kappa shape index (κ2) is 5.37. The van der Waals surface area contributed by atoms with E-state index in [0.29, 0.717) is 12.8 Å². The molecule has 0 bridgehead atoms. The van der Waals surface area contributed by atoms with Crippen LogP contribution in [0.15, 0.2) is 18.2 Å². The van der Waals surface area contributed by atoms with Crippen LogP contribution in [0.1, 0.15) is 24.7 Å². The Kier molecular flexibility index (Phi) is 4.11. The Morgan fingerprint density at radius 1 is 1.43 bits per heavy atom. The van der Waals surface area contributed by atoms with Gasteiger partial charge in [0.2, 0.25) is 0 Å². The molecule has 0 atom stereocenters. The lowest BCUT2D eigenvalue weighted by Crippen LogP contribution is -2.03. The van der Waals surface area contributed by atoms with Gasteiger partial charge >= 0.3 is 5.97 Å². The maximum atomic E-state index is 10.9. The molecule has 0 aliphatic carbocycles. The lowest BCUT2D eigenvalue weighted by atomic mass is 10.2. The number of pyridine rings is 1. The molecule has 0 unspecified atom stereocenters. The van der Waals surface area contributed by atoms with Gasteiger partial charge in [-0.1, -0.05) is 13.0 Å². The minimum absolute atomic E-state index is 0.186. The number of carbonyl (C=O) groups is 1. The summed E-state index contributed by atoms with van der Waals surface area (Å²) in [4.78, 5) is 15.3. The molecular formula is C11H15NO2. The lowest BCUT2D eigenvalue weighted by molar-refractivity contribution is -0.140. The van der Waals surface area contributed by atoms with E-state index < -0.39 is 0 Å². The molecule has 0 N–H and O–H groups in total. The van der Waals surface area contributed by atoms with Gasteiger partial charge in [-0.25, -0.2) is 0 Å². The van der Waals surface area contributed by atoms with Crippen molar-refractivity contribution in [2.45, 2.75) is 26.2 Å². The molecule has 1 heterocycles. The van der Waals surface area contributed by atoms with Crippen LogP contribution < -0.4 is 0 Å². The van der Waals surface area contributed by atoms with E-state index in [-0.39, 0.29) is 5.97 Å². The average Bonchev–Trinajstić information content (AvgIpc) is 2.26. The van der Waals surface area contributed by atoms with Crippen molar-refractivity contribution in [3.63, 3.8) is 0 Å². The Balaban J connectivity index is 2.54. The van der Waals surface area contributed by atoms with Gasteiger partial charge in [0.15, 0.2) is 0 Å². The molecule has 1 aromatic heterocycles. The minimum atomic E-state index is -0.186. The van der Waals surface area contributed by atoms with Crippen LogP contribution in [0.4, 0.5) is 0 Å². The first-order valence-corrected chi connectivity index (χ1v) is 4.78. The molecule has 0 saturated heterocycles. The van der Waals surface area contributed by atoms with Crippen LogP contribution in [0.25, 0.3) is 0 Å². The fraction of sp³-hybridized carbons (Fsp3) is 0.455. The van der Waals surface area contributed by atoms with Gasteiger partial charge in [0.05, 0.1) is 13.5 Å². The molecule has 0 amide bonds. The highest BCUT2D eigenvalue weighted by Crippen LogP contribution is 2.03. The van der Waals surface area contributed by atoms with Crippen molar-refractivity contribution >= 4 is 5.97 Å². The molecule has 0 aliphatic rings. The van der Waals surface area contributed by atoms with Gasteiger partial charge in [-0.2, -0.15) is 0 Å². The van der Waals surface area contributed by atoms with E-state index in [4.69, 9.17) is 0 Å². The van der Waals surface area contributed by atoms with E-state index in [9.17, 15) is 4.79 Å². The largest absolute Gasteiger partial charge is 0.469 e. The number of nitrogens with zero attached hydrogens (tertiary/aromatic N) is 1. The zero-order valence-corrected chi connectivity index (χ0v) is 8.62. The van der Waals surface area contributed by atoms with E-state index in [2.05, 4.69) is 16.6 Å². The van der Waals surface area contributed by atoms with Crippen LogP contribution >= 0.6 is 0 Å². The summed E-state index contributed by atoms with van der Waals surface area (Å²) in [6.07, 6.45) is 1.98. The fourth-order valence-electron chi connectivity index (χ4n) is 1.20. The Labute approximate surface area is 84.1 Å². The van der Waals surface area contributed by atoms with Crippen LogP contribution in [0.5, 0.6) is 0 Å². The maximum absolute atomic E-state index is 10.9. The van der Waals surface area contributed by atoms with Gasteiger partial charge in [0, 0.05) is 17.8 Å². The van der Waals surface area contributed by atoms with E-state index >= 15 is 0 Å². The Morgan fingerprint density at radius 2 is 2.14 bits per heavy atom. The summed E-state index contributed by atoms with van der Waals surface area (Å²) >= 11 is 0. The summed E-state index contributed by atoms with van der Waals surface area (Å²) < 4.78 is 4.56. The van der Waals surface area contributed by atoms with Gasteiger partial charge in [0.1, 0.15) is 0 Å². The molecule has 1 aromatic rings. The number of carbonyl (C=O) groups excluding carboxylic acids is 1. The third-order valence-electron chi connectivity index (χ3n) is 2.04. The zero-order chi connectivity index (χ0) is 10.4. The normalized spacial score (nSPS) is 9.86. The number of methoxy groups -OCH3 is 1. The summed E-state index contributed by atoms with van der Waals surface area (Å²) in [6.45, 7) is 2.06. The summed E-state index contributed by atoms with van der Waals surface area (Å²) in [7, 11) is 1.40. The predicted molar refractivity (Wildman–Crippen MR) is 54.0 cm³/mol. The van der Waals surface area contributed by atoms with E-state index in [0.717, 1.165) is 17.8 Å². The predicted octanol–water partition coefficient (Wildman–Crippen LogP) is 1.75. The lowest BCUT2D eigenvalue weighted by Gasteiger charge is -2.01. The molecule has 0 aromatic carbocycles. The maximum Gasteiger partial charge on any atom is 0.305 e. The zero-order valence-electron chi connectivity index (χ0n) is 8.62. The molecule has 3 heteroatoms. The SMILES string of the molecule is CCc1cccc(CCC(=O)OC)n1. The molecule has 0 saturated carbocycles. The number of hydrogen-bond donors (Lipinski definition) is 0. The summed E-state index contributed by atoms with van der Waals surface area (Å²) in [6, 6.07) is 5.89. The highest BCUT2D eigenvalue weighted by atomic mass is 16.5. The van der Waals surface area contributed by atoms with Crippen molar-refractivity contribution in [1.82, 2.24) is 4.98 Å². The first kappa shape index (κ1) is 10.7. The third-order valence-corrected chi connectivity index (χ3v) is 2.04. The van der Waals surface area contributed by atoms with Crippen LogP contribution in [0.3, 0.4) is 0 Å². The summed E-state index contributed by atoms with van der Waals surface area (Å²) in [5.74, 6) is -0.186. The van der Waals surface area contributed by atoms with Crippen LogP contribution in [0.2, 0.25) is 0 Å². The summed E-state index contributed by atoms with van der Waals surface area (Å²) in [5.41, 5.74) is 2.02. The Morgan fingerprint density at radius 3 is 2.79 bits per heavy atom. The number of aromatic nitrogens is 1. The molecule has 14 heavy (non-hydrogen) atoms. The van der Waals surface area contributed by atoms with Crippen molar-refractivity contribution in [1.29, 1.82) is 0 Å². The van der Waals surface area contributed by atoms with Crippen molar-refractivity contribution in [2.75, 3.05) is 7.11 Å². The summed E-state index contributed by atoms with van der Waals surface area (Å²) in [5, 5.41) is 0. The van der Waals surface area contributed by atoms with Crippen molar-refractivity contribution in [3.05, 3.63) is 29.6 Å². The van der Waals surface area contributed by atoms with Crippen LogP contribution in [0, 0.1) is 0 Å². The van der Waals surface area contributed by atoms with E-state index in [1.54, 1.807) is 0 Å². The highest BCUT2D eigenvalue weighted by Gasteiger charge is 2.02. The number of esters is 1. The van der Waals surface area contributed by atoms with Crippen LogP contribution in [-0.4, -0.2) is 18.1 Å². The Bertz CT molecular complexity index is 310. The third kappa shape index (κ3) is 3.17. The second-order valence-electron chi connectivity index (χ2n) is 3.05. The number of aryl methyl sites for hydroxylation is 2. The molecule has 1 rings (SSSR count). The number of rotatable bonds is 4. The highest BCUT2D eigenvalue weighted by molar-refractivity contribution is 5.69. The van der Waals surface area contributed by atoms with E-state index in [1.165, 1.54) is 7.11 Å². The molecule has 0 spiro atoms. The number of ether oxygens (including phenoxy) is 1. The van der Waals surface area contributed by atoms with Crippen molar-refractivity contribution in [3.8, 4) is 0 Å². The van der Waals surface area contributed by atoms with Crippen molar-refractivity contribution in [2.24, 2.45) is 0 Å². The average molecular weight is 193 g/mol. The molecule has 0 fully saturated rings. The first-order chi connectivity index (χ1) is 6.76. The second-order valence-corrected chi connectivity index (χ2v) is 3.05. The molecule has 76 valence electrons. The standard InChI is InChI=1S/C11H15NO2/c1-3-9-5-4-6-10(12-9)7-8-11(13)14-2/h4-6H,3,7-8H2,1-2H3. The van der Waals surface area contributed by atoms with E-state index in [1.807, 2.05) is 18.2 Å².